The largest absolute Gasteiger partial charge is 0.322 e. The molecule has 0 aliphatic carbocycles. The topological polar surface area (TPSA) is 63.2 Å². The van der Waals surface area contributed by atoms with E-state index in [2.05, 4.69) is 43.8 Å². The van der Waals surface area contributed by atoms with Crippen LogP contribution >= 0.6 is 49.2 Å². The molecule has 4 nitrogen and oxygen atoms in total. The van der Waals surface area contributed by atoms with E-state index in [0.29, 0.717) is 11.3 Å². The zero-order chi connectivity index (χ0) is 15.6. The van der Waals surface area contributed by atoms with Crippen molar-refractivity contribution < 1.29 is 13.2 Å². The maximum atomic E-state index is 12.2. The first-order valence-electron chi connectivity index (χ1n) is 5.59. The molecule has 1 amide bonds. The predicted molar refractivity (Wildman–Crippen MR) is 94.3 cm³/mol. The standard InChI is InChI=1S/C13H8BrClINO3S/c14-10-7-8(5-6-12(10)21(15,19)20)17-13(18)9-3-1-2-4-11(9)16/h1-7H,(H,17,18). The highest BCUT2D eigenvalue weighted by molar-refractivity contribution is 14.1. The number of carbonyl (C=O) groups excluding carboxylic acids is 1. The van der Waals surface area contributed by atoms with Crippen LogP contribution in [-0.4, -0.2) is 14.3 Å². The fourth-order valence-electron chi connectivity index (χ4n) is 1.62. The van der Waals surface area contributed by atoms with Crippen LogP contribution in [0, 0.1) is 3.57 Å². The Morgan fingerprint density at radius 3 is 2.43 bits per heavy atom. The van der Waals surface area contributed by atoms with Crippen LogP contribution in [0.25, 0.3) is 0 Å². The Kier molecular flexibility index (Phi) is 5.29. The Bertz CT molecular complexity index is 811. The lowest BCUT2D eigenvalue weighted by Gasteiger charge is -2.08. The highest BCUT2D eigenvalue weighted by Crippen LogP contribution is 2.28. The molecule has 0 radical (unpaired) electrons. The number of anilines is 1. The molecule has 1 N–H and O–H groups in total. The lowest BCUT2D eigenvalue weighted by molar-refractivity contribution is 0.102. The molecule has 8 heteroatoms. The number of carbonyl (C=O) groups is 1. The Morgan fingerprint density at radius 1 is 1.19 bits per heavy atom. The third kappa shape index (κ3) is 4.18. The SMILES string of the molecule is O=C(Nc1ccc(S(=O)(=O)Cl)c(Br)c1)c1ccccc1I. The van der Waals surface area contributed by atoms with E-state index < -0.39 is 9.05 Å². The molecule has 2 aromatic rings. The van der Waals surface area contributed by atoms with Gasteiger partial charge in [0, 0.05) is 24.4 Å². The van der Waals surface area contributed by atoms with Crippen molar-refractivity contribution in [2.45, 2.75) is 4.90 Å². The van der Waals surface area contributed by atoms with Crippen LogP contribution < -0.4 is 5.32 Å². The number of hydrogen-bond acceptors (Lipinski definition) is 3. The molecule has 0 saturated carbocycles. The first kappa shape index (κ1) is 16.7. The van der Waals surface area contributed by atoms with Gasteiger partial charge in [-0.3, -0.25) is 4.79 Å². The van der Waals surface area contributed by atoms with Crippen molar-refractivity contribution in [2.75, 3.05) is 5.32 Å². The van der Waals surface area contributed by atoms with Gasteiger partial charge in [-0.2, -0.15) is 0 Å². The number of benzene rings is 2. The van der Waals surface area contributed by atoms with Crippen molar-refractivity contribution in [3.05, 3.63) is 56.1 Å². The quantitative estimate of drug-likeness (QED) is 0.507. The molecular weight excluding hydrogens is 492 g/mol. The summed E-state index contributed by atoms with van der Waals surface area (Å²) >= 11 is 5.20. The Hall–Kier alpha value is -0.640. The molecule has 0 aliphatic rings. The maximum absolute atomic E-state index is 12.2. The van der Waals surface area contributed by atoms with Gasteiger partial charge in [-0.05, 0) is 68.9 Å². The molecule has 2 aromatic carbocycles. The van der Waals surface area contributed by atoms with Crippen molar-refractivity contribution in [1.82, 2.24) is 0 Å². The zero-order valence-electron chi connectivity index (χ0n) is 10.3. The summed E-state index contributed by atoms with van der Waals surface area (Å²) in [6.07, 6.45) is 0. The lowest BCUT2D eigenvalue weighted by Crippen LogP contribution is -2.13. The summed E-state index contributed by atoms with van der Waals surface area (Å²) in [7, 11) is 1.47. The second-order valence-corrected chi connectivity index (χ2v) is 8.57. The molecule has 0 saturated heterocycles. The monoisotopic (exact) mass is 499 g/mol. The van der Waals surface area contributed by atoms with Gasteiger partial charge >= 0.3 is 0 Å². The van der Waals surface area contributed by atoms with E-state index in [4.69, 9.17) is 10.7 Å². The van der Waals surface area contributed by atoms with Crippen LogP contribution in [0.1, 0.15) is 10.4 Å². The summed E-state index contributed by atoms with van der Waals surface area (Å²) in [6, 6.07) is 11.5. The minimum absolute atomic E-state index is 0.0449. The maximum Gasteiger partial charge on any atom is 0.262 e. The molecule has 0 aliphatic heterocycles. The summed E-state index contributed by atoms with van der Waals surface area (Å²) in [5, 5.41) is 2.71. The molecule has 2 rings (SSSR count). The summed E-state index contributed by atoms with van der Waals surface area (Å²) in [6.45, 7) is 0. The van der Waals surface area contributed by atoms with Crippen molar-refractivity contribution in [3.63, 3.8) is 0 Å². The lowest BCUT2D eigenvalue weighted by atomic mass is 10.2. The van der Waals surface area contributed by atoms with E-state index in [-0.39, 0.29) is 15.3 Å². The van der Waals surface area contributed by atoms with Crippen LogP contribution in [0.3, 0.4) is 0 Å². The van der Waals surface area contributed by atoms with E-state index in [0.717, 1.165) is 3.57 Å². The third-order valence-electron chi connectivity index (χ3n) is 2.57. The molecule has 0 fully saturated rings. The van der Waals surface area contributed by atoms with Gasteiger partial charge in [0.25, 0.3) is 15.0 Å². The van der Waals surface area contributed by atoms with Crippen LogP contribution in [0.2, 0.25) is 0 Å². The molecule has 21 heavy (non-hydrogen) atoms. The zero-order valence-corrected chi connectivity index (χ0v) is 15.6. The van der Waals surface area contributed by atoms with Crippen molar-refractivity contribution in [2.24, 2.45) is 0 Å². The average Bonchev–Trinajstić information content (AvgIpc) is 2.37. The number of nitrogens with one attached hydrogen (secondary N) is 1. The van der Waals surface area contributed by atoms with Gasteiger partial charge in [0.2, 0.25) is 0 Å². The molecule has 0 unspecified atom stereocenters. The molecule has 0 spiro atoms. The predicted octanol–water partition coefficient (Wildman–Crippen LogP) is 4.23. The summed E-state index contributed by atoms with van der Waals surface area (Å²) in [5.41, 5.74) is 1.01. The second-order valence-electron chi connectivity index (χ2n) is 4.02. The highest BCUT2D eigenvalue weighted by Gasteiger charge is 2.16. The summed E-state index contributed by atoms with van der Waals surface area (Å²) < 4.78 is 23.7. The van der Waals surface area contributed by atoms with Crippen LogP contribution in [0.15, 0.2) is 51.8 Å². The van der Waals surface area contributed by atoms with E-state index in [1.807, 2.05) is 12.1 Å². The number of halogens is 3. The second kappa shape index (κ2) is 6.64. The molecular formula is C13H8BrClINO3S. The molecule has 0 heterocycles. The minimum Gasteiger partial charge on any atom is -0.322 e. The summed E-state index contributed by atoms with van der Waals surface area (Å²) in [5.74, 6) is -0.270. The Labute approximate surface area is 148 Å². The van der Waals surface area contributed by atoms with Crippen molar-refractivity contribution >= 4 is 69.8 Å². The van der Waals surface area contributed by atoms with Crippen molar-refractivity contribution in [1.29, 1.82) is 0 Å². The van der Waals surface area contributed by atoms with Gasteiger partial charge in [0.15, 0.2) is 0 Å². The van der Waals surface area contributed by atoms with Crippen LogP contribution in [0.4, 0.5) is 5.69 Å². The first-order valence-corrected chi connectivity index (χ1v) is 9.77. The highest BCUT2D eigenvalue weighted by atomic mass is 127. The van der Waals surface area contributed by atoms with Gasteiger partial charge in [-0.1, -0.05) is 12.1 Å². The van der Waals surface area contributed by atoms with Crippen LogP contribution in [-0.2, 0) is 9.05 Å². The smallest absolute Gasteiger partial charge is 0.262 e. The van der Waals surface area contributed by atoms with E-state index >= 15 is 0 Å². The molecule has 0 aromatic heterocycles. The van der Waals surface area contributed by atoms with Gasteiger partial charge in [-0.15, -0.1) is 0 Å². The molecule has 0 bridgehead atoms. The van der Waals surface area contributed by atoms with E-state index in [9.17, 15) is 13.2 Å². The van der Waals surface area contributed by atoms with Crippen LogP contribution in [0.5, 0.6) is 0 Å². The van der Waals surface area contributed by atoms with Gasteiger partial charge in [-0.25, -0.2) is 8.42 Å². The first-order chi connectivity index (χ1) is 9.79. The number of rotatable bonds is 3. The minimum atomic E-state index is -3.83. The van der Waals surface area contributed by atoms with Gasteiger partial charge in [0.05, 0.1) is 10.5 Å². The molecule has 110 valence electrons. The van der Waals surface area contributed by atoms with Gasteiger partial charge in [0.1, 0.15) is 0 Å². The fourth-order valence-corrected chi connectivity index (χ4v) is 4.48. The average molecular weight is 501 g/mol. The Balaban J connectivity index is 2.27. The van der Waals surface area contributed by atoms with Gasteiger partial charge < -0.3 is 5.32 Å². The summed E-state index contributed by atoms with van der Waals surface area (Å²) in [4.78, 5) is 12.1. The Morgan fingerprint density at radius 2 is 1.86 bits per heavy atom. The van der Waals surface area contributed by atoms with Crippen molar-refractivity contribution in [3.8, 4) is 0 Å². The number of amides is 1. The number of hydrogen-bond donors (Lipinski definition) is 1. The normalized spacial score (nSPS) is 11.2. The molecule has 0 atom stereocenters. The fraction of sp³-hybridized carbons (Fsp3) is 0. The van der Waals surface area contributed by atoms with E-state index in [1.165, 1.54) is 18.2 Å². The van der Waals surface area contributed by atoms with E-state index in [1.54, 1.807) is 12.1 Å². The third-order valence-corrected chi connectivity index (χ3v) is 5.81.